The second-order valence-corrected chi connectivity index (χ2v) is 4.86. The number of carbonyl (C=O) groups is 2. The summed E-state index contributed by atoms with van der Waals surface area (Å²) in [4.78, 5) is 23.5. The average Bonchev–Trinajstić information content (AvgIpc) is 3.16. The Morgan fingerprint density at radius 1 is 1.37 bits per heavy atom. The van der Waals surface area contributed by atoms with E-state index in [0.717, 1.165) is 18.4 Å². The fraction of sp³-hybridized carbons (Fsp3) is 0.429. The number of anilines is 1. The van der Waals surface area contributed by atoms with E-state index < -0.39 is 0 Å². The topological polar surface area (TPSA) is 84.2 Å². The number of rotatable bonds is 5. The number of hydrogen-bond acceptors (Lipinski definition) is 3. The van der Waals surface area contributed by atoms with Crippen molar-refractivity contribution in [3.63, 3.8) is 0 Å². The number of hydrogen-bond donors (Lipinski definition) is 3. The van der Waals surface area contributed by atoms with Crippen LogP contribution in [0.1, 0.15) is 35.2 Å². The first-order chi connectivity index (χ1) is 9.10. The largest absolute Gasteiger partial charge is 0.349 e. The Bertz CT molecular complexity index is 495. The lowest BCUT2D eigenvalue weighted by Crippen LogP contribution is -2.25. The molecule has 5 nitrogen and oxygen atoms in total. The van der Waals surface area contributed by atoms with Crippen molar-refractivity contribution in [1.82, 2.24) is 5.32 Å². The van der Waals surface area contributed by atoms with Crippen LogP contribution in [0.2, 0.25) is 0 Å². The highest BCUT2D eigenvalue weighted by Gasteiger charge is 2.24. The van der Waals surface area contributed by atoms with Crippen LogP contribution in [0.25, 0.3) is 0 Å². The van der Waals surface area contributed by atoms with Crippen LogP contribution in [0.4, 0.5) is 5.69 Å². The zero-order valence-electron chi connectivity index (χ0n) is 11.0. The van der Waals surface area contributed by atoms with Gasteiger partial charge in [0.25, 0.3) is 5.91 Å². The van der Waals surface area contributed by atoms with Crippen molar-refractivity contribution >= 4 is 17.5 Å². The lowest BCUT2D eigenvalue weighted by atomic mass is 10.1. The summed E-state index contributed by atoms with van der Waals surface area (Å²) in [6.45, 7) is 2.20. The van der Waals surface area contributed by atoms with Crippen LogP contribution in [0.5, 0.6) is 0 Å². The van der Waals surface area contributed by atoms with Gasteiger partial charge in [0.05, 0.1) is 0 Å². The molecule has 1 aromatic rings. The number of carbonyl (C=O) groups excluding carboxylic acids is 2. The minimum absolute atomic E-state index is 0.0863. The molecule has 1 aliphatic rings. The van der Waals surface area contributed by atoms with Crippen LogP contribution >= 0.6 is 0 Å². The fourth-order valence-electron chi connectivity index (χ4n) is 1.74. The first kappa shape index (κ1) is 13.5. The van der Waals surface area contributed by atoms with Crippen LogP contribution in [0, 0.1) is 6.92 Å². The standard InChI is InChI=1S/C14H19N3O2/c1-9-2-3-10(14(19)16-11-4-5-11)8-12(9)17-13(18)6-7-15/h2-3,8,11H,4-7,15H2,1H3,(H,16,19)(H,17,18). The van der Waals surface area contributed by atoms with Crippen LogP contribution in [0.15, 0.2) is 18.2 Å². The Kier molecular flexibility index (Phi) is 4.16. The maximum absolute atomic E-state index is 11.9. The molecule has 1 fully saturated rings. The molecule has 0 aliphatic heterocycles. The highest BCUT2D eigenvalue weighted by atomic mass is 16.2. The zero-order valence-corrected chi connectivity index (χ0v) is 11.0. The molecule has 1 saturated carbocycles. The van der Waals surface area contributed by atoms with Crippen LogP contribution in [-0.4, -0.2) is 24.4 Å². The molecule has 0 radical (unpaired) electrons. The predicted molar refractivity (Wildman–Crippen MR) is 74.0 cm³/mol. The smallest absolute Gasteiger partial charge is 0.251 e. The molecule has 2 rings (SSSR count). The number of nitrogens with two attached hydrogens (primary N) is 1. The first-order valence-corrected chi connectivity index (χ1v) is 6.51. The van der Waals surface area contributed by atoms with Gasteiger partial charge in [0.15, 0.2) is 0 Å². The number of amides is 2. The third-order valence-electron chi connectivity index (χ3n) is 3.06. The quantitative estimate of drug-likeness (QED) is 0.744. The molecule has 0 bridgehead atoms. The van der Waals surface area contributed by atoms with Gasteiger partial charge in [0, 0.05) is 30.3 Å². The monoisotopic (exact) mass is 261 g/mol. The lowest BCUT2D eigenvalue weighted by molar-refractivity contribution is -0.116. The molecule has 102 valence electrons. The number of nitrogens with one attached hydrogen (secondary N) is 2. The maximum atomic E-state index is 11.9. The highest BCUT2D eigenvalue weighted by molar-refractivity contribution is 5.98. The predicted octanol–water partition coefficient (Wildman–Crippen LogP) is 1.17. The molecule has 1 aromatic carbocycles. The van der Waals surface area contributed by atoms with Crippen molar-refractivity contribution in [3.8, 4) is 0 Å². The van der Waals surface area contributed by atoms with Gasteiger partial charge in [-0.05, 0) is 37.5 Å². The van der Waals surface area contributed by atoms with Gasteiger partial charge in [0.1, 0.15) is 0 Å². The van der Waals surface area contributed by atoms with Crippen LogP contribution < -0.4 is 16.4 Å². The van der Waals surface area contributed by atoms with Crippen molar-refractivity contribution < 1.29 is 9.59 Å². The molecule has 0 spiro atoms. The minimum atomic E-state index is -0.134. The van der Waals surface area contributed by atoms with Gasteiger partial charge >= 0.3 is 0 Å². The van der Waals surface area contributed by atoms with Gasteiger partial charge in [-0.1, -0.05) is 6.07 Å². The normalized spacial score (nSPS) is 14.0. The Balaban J connectivity index is 2.09. The molecule has 5 heteroatoms. The van der Waals surface area contributed by atoms with E-state index in [1.54, 1.807) is 12.1 Å². The van der Waals surface area contributed by atoms with Gasteiger partial charge in [-0.25, -0.2) is 0 Å². The molecule has 0 atom stereocenters. The third kappa shape index (κ3) is 3.79. The summed E-state index contributed by atoms with van der Waals surface area (Å²) in [5.74, 6) is -0.220. The minimum Gasteiger partial charge on any atom is -0.349 e. The maximum Gasteiger partial charge on any atom is 0.251 e. The molecular formula is C14H19N3O2. The van der Waals surface area contributed by atoms with Crippen LogP contribution in [0.3, 0.4) is 0 Å². The SMILES string of the molecule is Cc1ccc(C(=O)NC2CC2)cc1NC(=O)CCN. The van der Waals surface area contributed by atoms with E-state index in [2.05, 4.69) is 10.6 Å². The van der Waals surface area contributed by atoms with Gasteiger partial charge in [0.2, 0.25) is 5.91 Å². The van der Waals surface area contributed by atoms with Gasteiger partial charge in [-0.15, -0.1) is 0 Å². The molecule has 4 N–H and O–H groups in total. The lowest BCUT2D eigenvalue weighted by Gasteiger charge is -2.10. The van der Waals surface area contributed by atoms with Gasteiger partial charge in [-0.3, -0.25) is 9.59 Å². The van der Waals surface area contributed by atoms with Crippen molar-refractivity contribution in [2.24, 2.45) is 5.73 Å². The second-order valence-electron chi connectivity index (χ2n) is 4.86. The summed E-state index contributed by atoms with van der Waals surface area (Å²) in [6, 6.07) is 5.64. The van der Waals surface area contributed by atoms with E-state index in [1.807, 2.05) is 13.0 Å². The molecule has 19 heavy (non-hydrogen) atoms. The van der Waals surface area contributed by atoms with Crippen molar-refractivity contribution in [3.05, 3.63) is 29.3 Å². The third-order valence-corrected chi connectivity index (χ3v) is 3.06. The average molecular weight is 261 g/mol. The molecule has 2 amide bonds. The summed E-state index contributed by atoms with van der Waals surface area (Å²) in [5, 5.41) is 5.70. The summed E-state index contributed by atoms with van der Waals surface area (Å²) >= 11 is 0. The van der Waals surface area contributed by atoms with E-state index >= 15 is 0 Å². The van der Waals surface area contributed by atoms with E-state index in [1.165, 1.54) is 0 Å². The summed E-state index contributed by atoms with van der Waals surface area (Å²) in [6.07, 6.45) is 2.38. The summed E-state index contributed by atoms with van der Waals surface area (Å²) in [7, 11) is 0. The molecular weight excluding hydrogens is 242 g/mol. The van der Waals surface area contributed by atoms with Crippen molar-refractivity contribution in [2.45, 2.75) is 32.2 Å². The van der Waals surface area contributed by atoms with Crippen LogP contribution in [-0.2, 0) is 4.79 Å². The molecule has 1 aliphatic carbocycles. The number of aryl methyl sites for hydroxylation is 1. The Labute approximate surface area is 112 Å². The van der Waals surface area contributed by atoms with E-state index in [-0.39, 0.29) is 18.2 Å². The Morgan fingerprint density at radius 3 is 2.74 bits per heavy atom. The molecule has 0 unspecified atom stereocenters. The molecule has 0 saturated heterocycles. The molecule has 0 aromatic heterocycles. The summed E-state index contributed by atoms with van der Waals surface area (Å²) < 4.78 is 0. The summed E-state index contributed by atoms with van der Waals surface area (Å²) in [5.41, 5.74) is 7.50. The Hall–Kier alpha value is -1.88. The zero-order chi connectivity index (χ0) is 13.8. The van der Waals surface area contributed by atoms with E-state index in [9.17, 15) is 9.59 Å². The van der Waals surface area contributed by atoms with Crippen molar-refractivity contribution in [2.75, 3.05) is 11.9 Å². The first-order valence-electron chi connectivity index (χ1n) is 6.51. The van der Waals surface area contributed by atoms with E-state index in [0.29, 0.717) is 23.8 Å². The fourth-order valence-corrected chi connectivity index (χ4v) is 1.74. The molecule has 0 heterocycles. The van der Waals surface area contributed by atoms with Crippen molar-refractivity contribution in [1.29, 1.82) is 0 Å². The highest BCUT2D eigenvalue weighted by Crippen LogP contribution is 2.21. The Morgan fingerprint density at radius 2 is 2.11 bits per heavy atom. The van der Waals surface area contributed by atoms with Gasteiger partial charge < -0.3 is 16.4 Å². The number of benzene rings is 1. The second kappa shape index (κ2) is 5.84. The van der Waals surface area contributed by atoms with E-state index in [4.69, 9.17) is 5.73 Å². The van der Waals surface area contributed by atoms with Gasteiger partial charge in [-0.2, -0.15) is 0 Å².